The third kappa shape index (κ3) is 11.0. The van der Waals surface area contributed by atoms with Crippen molar-refractivity contribution in [3.05, 3.63) is 102 Å². The largest absolute Gasteiger partial charge is 0.497 e. The number of allylic oxidation sites excluding steroid dienone is 1. The molecule has 3 aromatic carbocycles. The lowest BCUT2D eigenvalue weighted by Crippen LogP contribution is -2.69. The molecule has 6 unspecified atom stereocenters. The van der Waals surface area contributed by atoms with Crippen molar-refractivity contribution in [1.82, 2.24) is 4.90 Å². The summed E-state index contributed by atoms with van der Waals surface area (Å²) in [4.78, 5) is 34.5. The first kappa shape index (κ1) is 46.9. The number of carbonyl (C=O) groups is 2. The van der Waals surface area contributed by atoms with Crippen LogP contribution >= 0.6 is 0 Å². The van der Waals surface area contributed by atoms with Crippen LogP contribution in [0.25, 0.3) is 0 Å². The summed E-state index contributed by atoms with van der Waals surface area (Å²) in [6.45, 7) is 4.78. The number of nitrogens with zero attached hydrogens (tertiary/aromatic N) is 2. The zero-order chi connectivity index (χ0) is 44.8. The van der Waals surface area contributed by atoms with Crippen molar-refractivity contribution >= 4 is 23.6 Å². The van der Waals surface area contributed by atoms with Crippen molar-refractivity contribution in [2.75, 3.05) is 66.7 Å². The van der Waals surface area contributed by atoms with E-state index in [1.807, 2.05) is 36.4 Å². The van der Waals surface area contributed by atoms with Gasteiger partial charge in [0.15, 0.2) is 0 Å². The highest BCUT2D eigenvalue weighted by Crippen LogP contribution is 2.61. The van der Waals surface area contributed by atoms with Gasteiger partial charge in [0.1, 0.15) is 42.8 Å². The maximum Gasteiger partial charge on any atom is 0.417 e. The lowest BCUT2D eigenvalue weighted by Gasteiger charge is -2.59. The third-order valence-corrected chi connectivity index (χ3v) is 12.0. The third-order valence-electron chi connectivity index (χ3n) is 12.0. The van der Waals surface area contributed by atoms with E-state index in [9.17, 15) is 19.8 Å². The Morgan fingerprint density at radius 1 is 0.952 bits per heavy atom. The van der Waals surface area contributed by atoms with Crippen LogP contribution in [-0.4, -0.2) is 106 Å². The Balaban J connectivity index is 1.39. The number of methoxy groups -OCH3 is 2. The summed E-state index contributed by atoms with van der Waals surface area (Å²) in [7, 11) is 6.20. The minimum Gasteiger partial charge on any atom is -0.497 e. The van der Waals surface area contributed by atoms with Gasteiger partial charge < -0.3 is 53.1 Å². The Bertz CT molecular complexity index is 2060. The molecule has 0 aromatic heterocycles. The standard InChI is InChI=1S/C48H61N3O12/c1-6-24-61-48-43(51(2)47(55)60-26-25-59-31-32-14-8-7-9-15-32)30-40(50-58-5)37-27-33(16-10-12-22-52)36(17-11-13-23-53)44(45(37)48)38-28-35(19-21-41(38)63-48)62-46(54)49-39-20-18-34(56-3)29-42(39)57-4/h6-9,14-15,18-21,27-29,33,36,43-45,52-53H,1,10-13,16-17,22-26,30-31H2,2-5H3,(H,49,54). The van der Waals surface area contributed by atoms with Crippen LogP contribution in [0.15, 0.2) is 96.2 Å². The van der Waals surface area contributed by atoms with Crippen LogP contribution < -0.4 is 24.3 Å². The number of likely N-dealkylation sites (N-methyl/N-ethyl adjacent to an activating group) is 1. The Labute approximate surface area is 369 Å². The number of hydrogen-bond acceptors (Lipinski definition) is 13. The molecule has 0 bridgehead atoms. The fraction of sp³-hybridized carbons (Fsp3) is 0.479. The molecule has 1 saturated carbocycles. The summed E-state index contributed by atoms with van der Waals surface area (Å²) in [6, 6.07) is 19.3. The zero-order valence-corrected chi connectivity index (χ0v) is 36.7. The van der Waals surface area contributed by atoms with Gasteiger partial charge in [0, 0.05) is 44.2 Å². The summed E-state index contributed by atoms with van der Waals surface area (Å²) >= 11 is 0. The van der Waals surface area contributed by atoms with Gasteiger partial charge in [-0.1, -0.05) is 60.5 Å². The van der Waals surface area contributed by atoms with Crippen molar-refractivity contribution in [3.8, 4) is 23.0 Å². The lowest BCUT2D eigenvalue weighted by atomic mass is 9.55. The quantitative estimate of drug-likeness (QED) is 0.0507. The second kappa shape index (κ2) is 22.7. The summed E-state index contributed by atoms with van der Waals surface area (Å²) < 4.78 is 42.3. The number of amides is 2. The Hall–Kier alpha value is -5.61. The number of aliphatic hydroxyl groups is 2. The number of fused-ring (bicyclic) bond motifs is 2. The van der Waals surface area contributed by atoms with Crippen molar-refractivity contribution in [1.29, 1.82) is 0 Å². The number of unbranched alkanes of at least 4 members (excludes halogenated alkanes) is 2. The van der Waals surface area contributed by atoms with Gasteiger partial charge in [-0.3, -0.25) is 5.32 Å². The summed E-state index contributed by atoms with van der Waals surface area (Å²) in [5.41, 5.74) is 3.69. The van der Waals surface area contributed by atoms with Crippen molar-refractivity contribution in [2.24, 2.45) is 22.9 Å². The molecule has 3 aliphatic rings. The smallest absolute Gasteiger partial charge is 0.417 e. The van der Waals surface area contributed by atoms with E-state index in [1.54, 1.807) is 50.6 Å². The Morgan fingerprint density at radius 3 is 2.43 bits per heavy atom. The van der Waals surface area contributed by atoms with E-state index in [-0.39, 0.29) is 63.0 Å². The number of anilines is 1. The number of benzene rings is 3. The van der Waals surface area contributed by atoms with Gasteiger partial charge in [-0.25, -0.2) is 9.59 Å². The second-order valence-electron chi connectivity index (χ2n) is 15.8. The van der Waals surface area contributed by atoms with Crippen molar-refractivity contribution in [3.63, 3.8) is 0 Å². The predicted molar refractivity (Wildman–Crippen MR) is 236 cm³/mol. The normalized spacial score (nSPS) is 22.7. The molecule has 6 atom stereocenters. The molecule has 3 aromatic rings. The molecule has 340 valence electrons. The Kier molecular flexibility index (Phi) is 16.9. The predicted octanol–water partition coefficient (Wildman–Crippen LogP) is 7.86. The summed E-state index contributed by atoms with van der Waals surface area (Å²) in [6.07, 6.45) is 7.05. The first-order valence-electron chi connectivity index (χ1n) is 21.6. The van der Waals surface area contributed by atoms with Crippen LogP contribution in [-0.2, 0) is 25.7 Å². The van der Waals surface area contributed by atoms with Gasteiger partial charge in [-0.15, -0.1) is 6.58 Å². The topological polar surface area (TPSA) is 176 Å². The highest BCUT2D eigenvalue weighted by Gasteiger charge is 2.65. The fourth-order valence-electron chi connectivity index (χ4n) is 9.23. The van der Waals surface area contributed by atoms with Crippen molar-refractivity contribution in [2.45, 2.75) is 69.3 Å². The molecule has 0 radical (unpaired) electrons. The Morgan fingerprint density at radius 2 is 1.71 bits per heavy atom. The molecule has 1 aliphatic heterocycles. The van der Waals surface area contributed by atoms with Crippen LogP contribution in [0.3, 0.4) is 0 Å². The maximum atomic E-state index is 14.0. The first-order valence-corrected chi connectivity index (χ1v) is 21.6. The average Bonchev–Trinajstić information content (AvgIpc) is 3.30. The summed E-state index contributed by atoms with van der Waals surface area (Å²) in [5.74, 6) is -0.640. The van der Waals surface area contributed by atoms with E-state index in [4.69, 9.17) is 38.0 Å². The minimum atomic E-state index is -1.47. The minimum absolute atomic E-state index is 0.0159. The molecule has 2 amide bonds. The zero-order valence-electron chi connectivity index (χ0n) is 36.7. The second-order valence-corrected chi connectivity index (χ2v) is 15.8. The van der Waals surface area contributed by atoms with E-state index in [0.29, 0.717) is 48.1 Å². The van der Waals surface area contributed by atoms with Crippen LogP contribution in [0.2, 0.25) is 0 Å². The van der Waals surface area contributed by atoms with Crippen LogP contribution in [0.1, 0.15) is 62.0 Å². The van der Waals surface area contributed by atoms with Gasteiger partial charge in [0.25, 0.3) is 0 Å². The highest BCUT2D eigenvalue weighted by atomic mass is 16.7. The maximum absolute atomic E-state index is 14.0. The number of hydrogen-bond donors (Lipinski definition) is 3. The van der Waals surface area contributed by atoms with Gasteiger partial charge in [0.05, 0.1) is 51.4 Å². The lowest BCUT2D eigenvalue weighted by molar-refractivity contribution is -0.253. The van der Waals surface area contributed by atoms with Gasteiger partial charge >= 0.3 is 12.2 Å². The number of oxime groups is 1. The molecule has 0 saturated heterocycles. The van der Waals surface area contributed by atoms with E-state index in [1.165, 1.54) is 19.1 Å². The molecule has 63 heavy (non-hydrogen) atoms. The fourth-order valence-corrected chi connectivity index (χ4v) is 9.23. The molecule has 6 rings (SSSR count). The van der Waals surface area contributed by atoms with Gasteiger partial charge in [-0.05, 0) is 79.0 Å². The highest BCUT2D eigenvalue weighted by molar-refractivity contribution is 6.03. The number of ether oxygens (including phenoxy) is 7. The average molecular weight is 872 g/mol. The molecule has 0 spiro atoms. The number of aliphatic hydroxyl groups excluding tert-OH is 2. The molecule has 1 fully saturated rings. The first-order chi connectivity index (χ1) is 30.7. The number of rotatable bonds is 22. The molecular weight excluding hydrogens is 811 g/mol. The monoisotopic (exact) mass is 871 g/mol. The van der Waals surface area contributed by atoms with E-state index in [2.05, 4.69) is 23.1 Å². The van der Waals surface area contributed by atoms with Gasteiger partial charge in [0.2, 0.25) is 5.79 Å². The van der Waals surface area contributed by atoms with Crippen LogP contribution in [0.4, 0.5) is 15.3 Å². The molecule has 15 nitrogen and oxygen atoms in total. The summed E-state index contributed by atoms with van der Waals surface area (Å²) in [5, 5.41) is 27.1. The molecule has 15 heteroatoms. The van der Waals surface area contributed by atoms with Crippen LogP contribution in [0.5, 0.6) is 23.0 Å². The van der Waals surface area contributed by atoms with E-state index >= 15 is 0 Å². The SMILES string of the molecule is C=CCOC12Oc3ccc(OC(=O)Nc4ccc(OC)cc4OC)cc3C3C(CCCCO)C(CCCCO)C=C(C(=NOC)CC1N(C)C(=O)OCCOCc1ccccc1)C32. The molecule has 3 N–H and O–H groups in total. The van der Waals surface area contributed by atoms with Crippen molar-refractivity contribution < 1.29 is 57.8 Å². The van der Waals surface area contributed by atoms with Gasteiger partial charge in [-0.2, -0.15) is 0 Å². The molecular formula is C48H61N3O12. The number of carbonyl (C=O) groups excluding carboxylic acids is 2. The molecule has 1 heterocycles. The van der Waals surface area contributed by atoms with E-state index in [0.717, 1.165) is 42.4 Å². The number of nitrogens with one attached hydrogen (secondary N) is 1. The van der Waals surface area contributed by atoms with Crippen LogP contribution in [0, 0.1) is 17.8 Å². The molecule has 2 aliphatic carbocycles. The van der Waals surface area contributed by atoms with E-state index < -0.39 is 29.9 Å².